The van der Waals surface area contributed by atoms with E-state index in [1.54, 1.807) is 4.90 Å². The number of nitrogens with one attached hydrogen (secondary N) is 1. The molecule has 38 heavy (non-hydrogen) atoms. The molecule has 2 aliphatic rings. The smallest absolute Gasteiger partial charge is 0.270 e. The molecule has 1 aromatic heterocycles. The van der Waals surface area contributed by atoms with Crippen LogP contribution in [0.1, 0.15) is 51.5 Å². The van der Waals surface area contributed by atoms with Gasteiger partial charge in [0.1, 0.15) is 12.2 Å². The number of aliphatic hydroxyl groups is 1. The summed E-state index contributed by atoms with van der Waals surface area (Å²) in [5.74, 6) is 0.470. The summed E-state index contributed by atoms with van der Waals surface area (Å²) in [4.78, 5) is 34.1. The Labute approximate surface area is 222 Å². The van der Waals surface area contributed by atoms with Gasteiger partial charge in [-0.1, -0.05) is 60.7 Å². The summed E-state index contributed by atoms with van der Waals surface area (Å²) < 4.78 is 0. The fourth-order valence-corrected chi connectivity index (χ4v) is 5.62. The Kier molecular flexibility index (Phi) is 6.73. The standard InChI is InChI=1S/C32H33N3O3/c36-14-13-23-7-4-8-24(15-23)19-35-28(16-22-5-2-1-3-6-22)20-34(21-31(35)37)32(38)30-18-27-17-26(25-9-10-25)11-12-29(27)33-30/h1-8,11-12,15,17-18,25,28,33,36H,9-10,13-14,16,19-21H2/t28-/m0/s1. The minimum absolute atomic E-state index is 0.0507. The molecule has 3 aromatic carbocycles. The third-order valence-corrected chi connectivity index (χ3v) is 7.79. The molecule has 1 saturated carbocycles. The predicted octanol–water partition coefficient (Wildman–Crippen LogP) is 4.68. The first-order chi connectivity index (χ1) is 18.6. The Morgan fingerprint density at radius 3 is 2.50 bits per heavy atom. The summed E-state index contributed by atoms with van der Waals surface area (Å²) >= 11 is 0. The van der Waals surface area contributed by atoms with Gasteiger partial charge in [0.15, 0.2) is 0 Å². The Morgan fingerprint density at radius 2 is 1.71 bits per heavy atom. The molecule has 1 aliphatic heterocycles. The molecule has 4 aromatic rings. The van der Waals surface area contributed by atoms with Crippen molar-refractivity contribution < 1.29 is 14.7 Å². The van der Waals surface area contributed by atoms with Crippen molar-refractivity contribution in [1.82, 2.24) is 14.8 Å². The van der Waals surface area contributed by atoms with Gasteiger partial charge in [0.05, 0.1) is 6.04 Å². The molecule has 0 radical (unpaired) electrons. The van der Waals surface area contributed by atoms with Crippen molar-refractivity contribution in [2.75, 3.05) is 19.7 Å². The van der Waals surface area contributed by atoms with Crippen molar-refractivity contribution >= 4 is 22.7 Å². The van der Waals surface area contributed by atoms with Gasteiger partial charge in [0, 0.05) is 30.6 Å². The number of H-pyrrole nitrogens is 1. The predicted molar refractivity (Wildman–Crippen MR) is 148 cm³/mol. The summed E-state index contributed by atoms with van der Waals surface area (Å²) in [6.07, 6.45) is 3.74. The average molecular weight is 508 g/mol. The minimum Gasteiger partial charge on any atom is -0.396 e. The maximum Gasteiger partial charge on any atom is 0.270 e. The van der Waals surface area contributed by atoms with Crippen LogP contribution in [0, 0.1) is 0 Å². The first-order valence-electron chi connectivity index (χ1n) is 13.5. The zero-order valence-corrected chi connectivity index (χ0v) is 21.5. The van der Waals surface area contributed by atoms with Crippen LogP contribution in [-0.4, -0.2) is 57.4 Å². The highest BCUT2D eigenvalue weighted by Crippen LogP contribution is 2.41. The van der Waals surface area contributed by atoms with E-state index >= 15 is 0 Å². The molecule has 2 amide bonds. The number of piperazine rings is 1. The first-order valence-corrected chi connectivity index (χ1v) is 13.5. The van der Waals surface area contributed by atoms with Crippen molar-refractivity contribution in [3.63, 3.8) is 0 Å². The zero-order valence-electron chi connectivity index (χ0n) is 21.5. The molecule has 2 heterocycles. The van der Waals surface area contributed by atoms with Crippen LogP contribution in [0.2, 0.25) is 0 Å². The van der Waals surface area contributed by atoms with E-state index in [9.17, 15) is 14.7 Å². The Hall–Kier alpha value is -3.90. The van der Waals surface area contributed by atoms with E-state index in [4.69, 9.17) is 0 Å². The lowest BCUT2D eigenvalue weighted by atomic mass is 10.00. The number of fused-ring (bicyclic) bond motifs is 1. The van der Waals surface area contributed by atoms with Crippen LogP contribution in [0.3, 0.4) is 0 Å². The third-order valence-electron chi connectivity index (χ3n) is 7.79. The minimum atomic E-state index is -0.144. The molecule has 2 fully saturated rings. The van der Waals surface area contributed by atoms with Crippen molar-refractivity contribution in [3.8, 4) is 0 Å². The largest absolute Gasteiger partial charge is 0.396 e. The molecule has 1 atom stereocenters. The van der Waals surface area contributed by atoms with Crippen LogP contribution in [-0.2, 0) is 24.2 Å². The number of hydrogen-bond acceptors (Lipinski definition) is 3. The number of aromatic nitrogens is 1. The van der Waals surface area contributed by atoms with E-state index in [2.05, 4.69) is 41.4 Å². The van der Waals surface area contributed by atoms with Crippen molar-refractivity contribution in [2.45, 2.75) is 44.2 Å². The second kappa shape index (κ2) is 10.5. The van der Waals surface area contributed by atoms with Crippen LogP contribution in [0.4, 0.5) is 0 Å². The SMILES string of the molecule is O=C(c1cc2cc(C3CC3)ccc2[nH]1)N1CC(=O)N(Cc2cccc(CCO)c2)[C@@H](Cc2ccccc2)C1. The van der Waals surface area contributed by atoms with Gasteiger partial charge in [0.25, 0.3) is 5.91 Å². The van der Waals surface area contributed by atoms with Gasteiger partial charge in [-0.05, 0) is 72.1 Å². The molecular weight excluding hydrogens is 474 g/mol. The number of aromatic amines is 1. The quantitative estimate of drug-likeness (QED) is 0.364. The number of nitrogens with zero attached hydrogens (tertiary/aromatic N) is 2. The third kappa shape index (κ3) is 5.22. The molecule has 1 aliphatic carbocycles. The highest BCUT2D eigenvalue weighted by molar-refractivity contribution is 6.00. The van der Waals surface area contributed by atoms with Crippen LogP contribution in [0.5, 0.6) is 0 Å². The molecular formula is C32H33N3O3. The van der Waals surface area contributed by atoms with E-state index in [0.717, 1.165) is 27.6 Å². The number of amides is 2. The fourth-order valence-electron chi connectivity index (χ4n) is 5.62. The van der Waals surface area contributed by atoms with E-state index < -0.39 is 0 Å². The Bertz CT molecular complexity index is 1460. The maximum atomic E-state index is 13.6. The van der Waals surface area contributed by atoms with Crippen molar-refractivity contribution in [3.05, 3.63) is 107 Å². The fraction of sp³-hybridized carbons (Fsp3) is 0.312. The molecule has 0 bridgehead atoms. The van der Waals surface area contributed by atoms with E-state index in [0.29, 0.717) is 37.5 Å². The van der Waals surface area contributed by atoms with Gasteiger partial charge in [-0.15, -0.1) is 0 Å². The first kappa shape index (κ1) is 24.4. The number of hydrogen-bond donors (Lipinski definition) is 2. The molecule has 6 nitrogen and oxygen atoms in total. The summed E-state index contributed by atoms with van der Waals surface area (Å²) in [5, 5.41) is 10.4. The Morgan fingerprint density at radius 1 is 0.921 bits per heavy atom. The molecule has 6 rings (SSSR count). The molecule has 0 spiro atoms. The molecule has 1 saturated heterocycles. The van der Waals surface area contributed by atoms with Gasteiger partial charge in [-0.3, -0.25) is 9.59 Å². The van der Waals surface area contributed by atoms with E-state index in [-0.39, 0.29) is 31.0 Å². The summed E-state index contributed by atoms with van der Waals surface area (Å²) in [6.45, 7) is 1.10. The highest BCUT2D eigenvalue weighted by Gasteiger charge is 2.35. The van der Waals surface area contributed by atoms with Crippen LogP contribution in [0.25, 0.3) is 10.9 Å². The lowest BCUT2D eigenvalue weighted by molar-refractivity contribution is -0.139. The van der Waals surface area contributed by atoms with Gasteiger partial charge in [-0.25, -0.2) is 0 Å². The topological polar surface area (TPSA) is 76.6 Å². The lowest BCUT2D eigenvalue weighted by Gasteiger charge is -2.41. The maximum absolute atomic E-state index is 13.6. The second-order valence-electron chi connectivity index (χ2n) is 10.6. The van der Waals surface area contributed by atoms with E-state index in [1.807, 2.05) is 47.4 Å². The monoisotopic (exact) mass is 507 g/mol. The molecule has 0 unspecified atom stereocenters. The van der Waals surface area contributed by atoms with Gasteiger partial charge < -0.3 is 19.9 Å². The van der Waals surface area contributed by atoms with Gasteiger partial charge >= 0.3 is 0 Å². The summed E-state index contributed by atoms with van der Waals surface area (Å²) in [7, 11) is 0. The normalized spacial score (nSPS) is 17.8. The van der Waals surface area contributed by atoms with Crippen molar-refractivity contribution in [1.29, 1.82) is 0 Å². The van der Waals surface area contributed by atoms with Crippen molar-refractivity contribution in [2.24, 2.45) is 0 Å². The molecule has 194 valence electrons. The van der Waals surface area contributed by atoms with Crippen LogP contribution >= 0.6 is 0 Å². The van der Waals surface area contributed by atoms with Crippen LogP contribution < -0.4 is 0 Å². The second-order valence-corrected chi connectivity index (χ2v) is 10.6. The average Bonchev–Trinajstić information content (AvgIpc) is 3.69. The number of benzene rings is 3. The Balaban J connectivity index is 1.25. The van der Waals surface area contributed by atoms with Crippen LogP contribution in [0.15, 0.2) is 78.9 Å². The number of carbonyl (C=O) groups is 2. The summed E-state index contributed by atoms with van der Waals surface area (Å²) in [6, 6.07) is 26.4. The number of carbonyl (C=O) groups excluding carboxylic acids is 2. The zero-order chi connectivity index (χ0) is 26.1. The summed E-state index contributed by atoms with van der Waals surface area (Å²) in [5.41, 5.74) is 6.04. The number of rotatable bonds is 8. The van der Waals surface area contributed by atoms with Gasteiger partial charge in [0.2, 0.25) is 5.91 Å². The number of aliphatic hydroxyl groups excluding tert-OH is 1. The van der Waals surface area contributed by atoms with Gasteiger partial charge in [-0.2, -0.15) is 0 Å². The lowest BCUT2D eigenvalue weighted by Crippen LogP contribution is -2.58. The molecule has 6 heteroatoms. The molecule has 2 N–H and O–H groups in total. The van der Waals surface area contributed by atoms with E-state index in [1.165, 1.54) is 18.4 Å². The highest BCUT2D eigenvalue weighted by atomic mass is 16.3.